The van der Waals surface area contributed by atoms with Gasteiger partial charge in [0.05, 0.1) is 18.8 Å². The first kappa shape index (κ1) is 14.0. The third-order valence-corrected chi connectivity index (χ3v) is 3.49. The highest BCUT2D eigenvalue weighted by Gasteiger charge is 2.23. The van der Waals surface area contributed by atoms with Gasteiger partial charge in [0.15, 0.2) is 0 Å². The van der Waals surface area contributed by atoms with Gasteiger partial charge >= 0.3 is 5.97 Å². The summed E-state index contributed by atoms with van der Waals surface area (Å²) in [5.74, 6) is -0.296. The van der Waals surface area contributed by atoms with E-state index < -0.39 is 0 Å². The molecule has 0 spiro atoms. The maximum absolute atomic E-state index is 11.4. The topological polar surface area (TPSA) is 47.6 Å². The molecule has 2 atom stereocenters. The Morgan fingerprint density at radius 3 is 2.74 bits per heavy atom. The number of piperidine rings is 1. The van der Waals surface area contributed by atoms with Crippen molar-refractivity contribution in [2.24, 2.45) is 0 Å². The minimum Gasteiger partial charge on any atom is -0.465 e. The number of hydrogen-bond acceptors (Lipinski definition) is 4. The van der Waals surface area contributed by atoms with Crippen molar-refractivity contribution in [3.63, 3.8) is 0 Å². The Balaban J connectivity index is 2.03. The van der Waals surface area contributed by atoms with Crippen LogP contribution in [0.4, 0.5) is 0 Å². The number of hydrogen-bond donors (Lipinski definition) is 1. The Bertz CT molecular complexity index is 414. The summed E-state index contributed by atoms with van der Waals surface area (Å²) in [6.07, 6.45) is 2.37. The van der Waals surface area contributed by atoms with Gasteiger partial charge in [0.25, 0.3) is 0 Å². The molecule has 2 rings (SSSR count). The molecule has 1 fully saturated rings. The number of rotatable bonds is 4. The molecule has 1 aromatic rings. The molecular weight excluding hydrogens is 242 g/mol. The van der Waals surface area contributed by atoms with Crippen LogP contribution >= 0.6 is 0 Å². The maximum Gasteiger partial charge on any atom is 0.337 e. The molecule has 0 bridgehead atoms. The first-order valence-corrected chi connectivity index (χ1v) is 6.77. The summed E-state index contributed by atoms with van der Waals surface area (Å²) >= 11 is 0. The van der Waals surface area contributed by atoms with E-state index in [-0.39, 0.29) is 5.97 Å². The molecule has 0 amide bonds. The molecule has 104 valence electrons. The van der Waals surface area contributed by atoms with Gasteiger partial charge in [-0.3, -0.25) is 0 Å². The molecule has 0 unspecified atom stereocenters. The van der Waals surface area contributed by atoms with Crippen LogP contribution < -0.4 is 5.32 Å². The Hall–Kier alpha value is -1.39. The second kappa shape index (κ2) is 6.68. The average Bonchev–Trinajstić information content (AvgIpc) is 2.47. The summed E-state index contributed by atoms with van der Waals surface area (Å²) in [5.41, 5.74) is 1.78. The predicted octanol–water partition coefficient (Wildman–Crippen LogP) is 2.30. The van der Waals surface area contributed by atoms with Crippen LogP contribution in [0.3, 0.4) is 0 Å². The fraction of sp³-hybridized carbons (Fsp3) is 0.533. The molecule has 4 nitrogen and oxygen atoms in total. The van der Waals surface area contributed by atoms with E-state index in [9.17, 15) is 4.79 Å². The highest BCUT2D eigenvalue weighted by atomic mass is 16.5. The number of carbonyl (C=O) groups excluding carboxylic acids is 1. The van der Waals surface area contributed by atoms with Crippen molar-refractivity contribution in [3.05, 3.63) is 35.4 Å². The first-order chi connectivity index (χ1) is 9.24. The Morgan fingerprint density at radius 1 is 1.37 bits per heavy atom. The lowest BCUT2D eigenvalue weighted by molar-refractivity contribution is 0.0297. The number of esters is 1. The summed E-state index contributed by atoms with van der Waals surface area (Å²) in [4.78, 5) is 11.4. The molecule has 1 aromatic carbocycles. The third kappa shape index (κ3) is 3.55. The molecule has 0 radical (unpaired) electrons. The van der Waals surface area contributed by atoms with Crippen molar-refractivity contribution in [2.45, 2.75) is 31.9 Å². The Labute approximate surface area is 114 Å². The van der Waals surface area contributed by atoms with Crippen LogP contribution in [0, 0.1) is 0 Å². The van der Waals surface area contributed by atoms with Crippen LogP contribution in [-0.4, -0.2) is 32.3 Å². The van der Waals surface area contributed by atoms with Gasteiger partial charge in [-0.25, -0.2) is 4.79 Å². The van der Waals surface area contributed by atoms with Gasteiger partial charge in [0.2, 0.25) is 0 Å². The van der Waals surface area contributed by atoms with Crippen LogP contribution in [0.1, 0.15) is 41.7 Å². The molecule has 1 saturated heterocycles. The van der Waals surface area contributed by atoms with Gasteiger partial charge < -0.3 is 14.8 Å². The largest absolute Gasteiger partial charge is 0.465 e. The van der Waals surface area contributed by atoms with Crippen molar-refractivity contribution >= 4 is 5.97 Å². The average molecular weight is 263 g/mol. The highest BCUT2D eigenvalue weighted by molar-refractivity contribution is 5.89. The normalized spacial score (nSPS) is 23.1. The fourth-order valence-corrected chi connectivity index (χ4v) is 2.49. The van der Waals surface area contributed by atoms with E-state index in [1.807, 2.05) is 31.2 Å². The van der Waals surface area contributed by atoms with Crippen LogP contribution in [0.2, 0.25) is 0 Å². The first-order valence-electron chi connectivity index (χ1n) is 6.77. The molecule has 0 saturated carbocycles. The molecule has 19 heavy (non-hydrogen) atoms. The minimum atomic E-state index is -0.296. The minimum absolute atomic E-state index is 0.296. The lowest BCUT2D eigenvalue weighted by Gasteiger charge is -2.30. The summed E-state index contributed by atoms with van der Waals surface area (Å²) in [7, 11) is 1.39. The van der Waals surface area contributed by atoms with E-state index in [0.717, 1.165) is 26.0 Å². The Morgan fingerprint density at radius 2 is 2.11 bits per heavy atom. The predicted molar refractivity (Wildman–Crippen MR) is 73.2 cm³/mol. The molecule has 1 N–H and O–H groups in total. The lowest BCUT2D eigenvalue weighted by Crippen LogP contribution is -2.35. The van der Waals surface area contributed by atoms with Gasteiger partial charge in [-0.1, -0.05) is 12.1 Å². The second-order valence-electron chi connectivity index (χ2n) is 4.72. The summed E-state index contributed by atoms with van der Waals surface area (Å²) < 4.78 is 10.4. The molecular formula is C15H21NO3. The van der Waals surface area contributed by atoms with Crippen LogP contribution in [-0.2, 0) is 9.47 Å². The molecule has 1 heterocycles. The number of methoxy groups -OCH3 is 1. The zero-order valence-corrected chi connectivity index (χ0v) is 11.5. The fourth-order valence-electron chi connectivity index (χ4n) is 2.49. The van der Waals surface area contributed by atoms with Crippen molar-refractivity contribution in [2.75, 3.05) is 20.3 Å². The van der Waals surface area contributed by atoms with Gasteiger partial charge in [-0.05, 0) is 44.0 Å². The highest BCUT2D eigenvalue weighted by Crippen LogP contribution is 2.25. The van der Waals surface area contributed by atoms with E-state index in [4.69, 9.17) is 9.47 Å². The zero-order valence-electron chi connectivity index (χ0n) is 11.5. The van der Waals surface area contributed by atoms with Crippen LogP contribution in [0.15, 0.2) is 24.3 Å². The molecule has 1 aliphatic heterocycles. The molecule has 0 aromatic heterocycles. The van der Waals surface area contributed by atoms with Crippen molar-refractivity contribution < 1.29 is 14.3 Å². The summed E-state index contributed by atoms with van der Waals surface area (Å²) in [6.45, 7) is 3.76. The quantitative estimate of drug-likeness (QED) is 0.847. The molecule has 4 heteroatoms. The van der Waals surface area contributed by atoms with Crippen LogP contribution in [0.25, 0.3) is 0 Å². The van der Waals surface area contributed by atoms with Gasteiger partial charge in [0.1, 0.15) is 0 Å². The van der Waals surface area contributed by atoms with Gasteiger partial charge in [-0.15, -0.1) is 0 Å². The second-order valence-corrected chi connectivity index (χ2v) is 4.72. The van der Waals surface area contributed by atoms with E-state index in [1.165, 1.54) is 12.7 Å². The van der Waals surface area contributed by atoms with E-state index >= 15 is 0 Å². The van der Waals surface area contributed by atoms with E-state index in [1.54, 1.807) is 0 Å². The van der Waals surface area contributed by atoms with Crippen molar-refractivity contribution in [3.8, 4) is 0 Å². The van der Waals surface area contributed by atoms with Gasteiger partial charge in [0, 0.05) is 12.6 Å². The van der Waals surface area contributed by atoms with Gasteiger partial charge in [-0.2, -0.15) is 0 Å². The molecule has 1 aliphatic rings. The lowest BCUT2D eigenvalue weighted by atomic mass is 9.95. The van der Waals surface area contributed by atoms with E-state index in [0.29, 0.717) is 17.7 Å². The standard InChI is InChI=1S/C15H21NO3/c1-3-19-13-8-9-16-14(10-13)11-4-6-12(7-5-11)15(17)18-2/h4-7,13-14,16H,3,8-10H2,1-2H3/t13-,14+/m1/s1. The monoisotopic (exact) mass is 263 g/mol. The van der Waals surface area contributed by atoms with Crippen LogP contribution in [0.5, 0.6) is 0 Å². The SMILES string of the molecule is CCO[C@@H]1CCN[C@H](c2ccc(C(=O)OC)cc2)C1. The number of nitrogens with one attached hydrogen (secondary N) is 1. The summed E-state index contributed by atoms with van der Waals surface area (Å²) in [5, 5.41) is 3.49. The van der Waals surface area contributed by atoms with E-state index in [2.05, 4.69) is 5.32 Å². The number of ether oxygens (including phenoxy) is 2. The summed E-state index contributed by atoms with van der Waals surface area (Å²) in [6, 6.07) is 7.90. The smallest absolute Gasteiger partial charge is 0.337 e. The number of carbonyl (C=O) groups is 1. The van der Waals surface area contributed by atoms with Crippen molar-refractivity contribution in [1.82, 2.24) is 5.32 Å². The maximum atomic E-state index is 11.4. The number of benzene rings is 1. The zero-order chi connectivity index (χ0) is 13.7. The molecule has 0 aliphatic carbocycles. The third-order valence-electron chi connectivity index (χ3n) is 3.49. The Kier molecular flexibility index (Phi) is 4.93. The van der Waals surface area contributed by atoms with Crippen molar-refractivity contribution in [1.29, 1.82) is 0 Å².